The minimum atomic E-state index is 0.0344. The predicted molar refractivity (Wildman–Crippen MR) is 84.7 cm³/mol. The van der Waals surface area contributed by atoms with Crippen molar-refractivity contribution in [2.45, 2.75) is 51.2 Å². The predicted octanol–water partition coefficient (Wildman–Crippen LogP) is 2.97. The molecule has 0 bridgehead atoms. The lowest BCUT2D eigenvalue weighted by molar-refractivity contribution is 0.141. The van der Waals surface area contributed by atoms with Crippen molar-refractivity contribution < 1.29 is 4.74 Å². The highest BCUT2D eigenvalue weighted by Crippen LogP contribution is 2.61. The molecule has 3 atom stereocenters. The average Bonchev–Trinajstić information content (AvgIpc) is 3.01. The fourth-order valence-electron chi connectivity index (χ4n) is 4.21. The van der Waals surface area contributed by atoms with E-state index in [1.807, 2.05) is 6.33 Å². The van der Waals surface area contributed by atoms with Crippen molar-refractivity contribution in [3.63, 3.8) is 0 Å². The third-order valence-electron chi connectivity index (χ3n) is 5.46. The van der Waals surface area contributed by atoms with Crippen molar-refractivity contribution in [3.05, 3.63) is 11.6 Å². The Labute approximate surface area is 134 Å². The van der Waals surface area contributed by atoms with Crippen LogP contribution in [-0.4, -0.2) is 31.7 Å². The molecule has 2 fully saturated rings. The summed E-state index contributed by atoms with van der Waals surface area (Å²) in [5.41, 5.74) is 7.49. The van der Waals surface area contributed by atoms with Crippen LogP contribution < -0.4 is 5.73 Å². The van der Waals surface area contributed by atoms with Crippen molar-refractivity contribution in [3.8, 4) is 0 Å². The second kappa shape index (κ2) is 4.55. The van der Waals surface area contributed by atoms with E-state index < -0.39 is 0 Å². The molecule has 2 aromatic heterocycles. The molecular weight excluding hydrogens is 302 g/mol. The Balaban J connectivity index is 1.75. The van der Waals surface area contributed by atoms with Crippen LogP contribution in [0.25, 0.3) is 11.2 Å². The number of hydrogen-bond donors (Lipinski definition) is 1. The SMILES string of the molecule is CCCC1(C)CC(n2cnc3c(N)nc(Cl)nc32)CC12CO2. The van der Waals surface area contributed by atoms with Gasteiger partial charge in [0.2, 0.25) is 5.28 Å². The smallest absolute Gasteiger partial charge is 0.226 e. The summed E-state index contributed by atoms with van der Waals surface area (Å²) in [6.45, 7) is 5.44. The molecule has 1 spiro atoms. The molecule has 2 N–H and O–H groups in total. The van der Waals surface area contributed by atoms with Crippen LogP contribution in [0.3, 0.4) is 0 Å². The molecule has 0 amide bonds. The highest BCUT2D eigenvalue weighted by molar-refractivity contribution is 6.28. The van der Waals surface area contributed by atoms with Crippen LogP contribution in [0, 0.1) is 5.41 Å². The molecule has 3 unspecified atom stereocenters. The quantitative estimate of drug-likeness (QED) is 0.694. The van der Waals surface area contributed by atoms with Crippen LogP contribution in [0.1, 0.15) is 45.6 Å². The van der Waals surface area contributed by atoms with Crippen molar-refractivity contribution >= 4 is 28.6 Å². The standard InChI is InChI=1S/C15H20ClN5O/c1-3-4-14(2)5-9(6-15(14)7-22-15)21-8-18-10-11(17)19-13(16)20-12(10)21/h8-9H,3-7H2,1-2H3,(H2,17,19,20). The molecule has 6 nitrogen and oxygen atoms in total. The fourth-order valence-corrected chi connectivity index (χ4v) is 4.39. The first-order valence-electron chi connectivity index (χ1n) is 7.77. The van der Waals surface area contributed by atoms with Gasteiger partial charge in [-0.2, -0.15) is 9.97 Å². The zero-order chi connectivity index (χ0) is 15.5. The maximum absolute atomic E-state index is 5.97. The molecule has 118 valence electrons. The van der Waals surface area contributed by atoms with Gasteiger partial charge in [-0.25, -0.2) is 4.98 Å². The first-order valence-corrected chi connectivity index (χ1v) is 8.15. The number of rotatable bonds is 3. The molecule has 1 saturated carbocycles. The molecule has 3 heterocycles. The van der Waals surface area contributed by atoms with Gasteiger partial charge < -0.3 is 15.0 Å². The lowest BCUT2D eigenvalue weighted by atomic mass is 9.76. The Morgan fingerprint density at radius 3 is 2.91 bits per heavy atom. The molecule has 4 rings (SSSR count). The van der Waals surface area contributed by atoms with E-state index >= 15 is 0 Å². The van der Waals surface area contributed by atoms with E-state index in [1.54, 1.807) is 0 Å². The Morgan fingerprint density at radius 1 is 1.45 bits per heavy atom. The van der Waals surface area contributed by atoms with E-state index in [1.165, 1.54) is 12.8 Å². The highest BCUT2D eigenvalue weighted by atomic mass is 35.5. The van der Waals surface area contributed by atoms with Gasteiger partial charge >= 0.3 is 0 Å². The van der Waals surface area contributed by atoms with Crippen molar-refractivity contribution in [1.29, 1.82) is 0 Å². The van der Waals surface area contributed by atoms with Crippen molar-refractivity contribution in [2.24, 2.45) is 5.41 Å². The number of imidazole rings is 1. The van der Waals surface area contributed by atoms with Gasteiger partial charge in [-0.15, -0.1) is 0 Å². The van der Waals surface area contributed by atoms with Gasteiger partial charge in [0.1, 0.15) is 5.52 Å². The topological polar surface area (TPSA) is 82.2 Å². The number of nitrogens with zero attached hydrogens (tertiary/aromatic N) is 4. The van der Waals surface area contributed by atoms with Crippen LogP contribution in [0.4, 0.5) is 5.82 Å². The molecule has 1 aliphatic heterocycles. The monoisotopic (exact) mass is 321 g/mol. The number of aromatic nitrogens is 4. The summed E-state index contributed by atoms with van der Waals surface area (Å²) in [6, 6.07) is 0.314. The fraction of sp³-hybridized carbons (Fsp3) is 0.667. The van der Waals surface area contributed by atoms with Gasteiger partial charge in [-0.05, 0) is 24.4 Å². The summed E-state index contributed by atoms with van der Waals surface area (Å²) in [4.78, 5) is 12.7. The van der Waals surface area contributed by atoms with Crippen LogP contribution >= 0.6 is 11.6 Å². The number of anilines is 1. The maximum Gasteiger partial charge on any atom is 0.226 e. The lowest BCUT2D eigenvalue weighted by Crippen LogP contribution is -2.29. The first-order chi connectivity index (χ1) is 10.5. The Kier molecular flexibility index (Phi) is 2.94. The van der Waals surface area contributed by atoms with Gasteiger partial charge in [0.25, 0.3) is 0 Å². The number of ether oxygens (including phenoxy) is 1. The Morgan fingerprint density at radius 2 is 2.23 bits per heavy atom. The number of hydrogen-bond acceptors (Lipinski definition) is 5. The van der Waals surface area contributed by atoms with Gasteiger partial charge in [0.15, 0.2) is 11.5 Å². The zero-order valence-electron chi connectivity index (χ0n) is 12.8. The zero-order valence-corrected chi connectivity index (χ0v) is 13.6. The van der Waals surface area contributed by atoms with Crippen LogP contribution in [0.2, 0.25) is 5.28 Å². The van der Waals surface area contributed by atoms with Gasteiger partial charge in [0.05, 0.1) is 18.5 Å². The van der Waals surface area contributed by atoms with Crippen LogP contribution in [0.5, 0.6) is 0 Å². The van der Waals surface area contributed by atoms with E-state index in [0.717, 1.165) is 25.1 Å². The number of epoxide rings is 1. The molecule has 0 aromatic carbocycles. The molecule has 2 aromatic rings. The molecule has 0 radical (unpaired) electrons. The van der Waals surface area contributed by atoms with Gasteiger partial charge in [-0.1, -0.05) is 20.3 Å². The summed E-state index contributed by atoms with van der Waals surface area (Å²) in [5, 5.41) is 0.165. The van der Waals surface area contributed by atoms with Gasteiger partial charge in [-0.3, -0.25) is 0 Å². The number of nitrogens with two attached hydrogens (primary N) is 1. The number of halogens is 1. The molecule has 2 aliphatic rings. The molecule has 1 aliphatic carbocycles. The van der Waals surface area contributed by atoms with E-state index in [0.29, 0.717) is 17.4 Å². The molecular formula is C15H20ClN5O. The third-order valence-corrected chi connectivity index (χ3v) is 5.63. The Hall–Kier alpha value is -1.40. The van der Waals surface area contributed by atoms with Crippen LogP contribution in [0.15, 0.2) is 6.33 Å². The Bertz CT molecular complexity index is 741. The minimum absolute atomic E-state index is 0.0344. The van der Waals surface area contributed by atoms with E-state index in [-0.39, 0.29) is 16.3 Å². The van der Waals surface area contributed by atoms with E-state index in [2.05, 4.69) is 33.4 Å². The summed E-state index contributed by atoms with van der Waals surface area (Å²) in [6.07, 6.45) is 6.21. The first kappa shape index (κ1) is 14.2. The maximum atomic E-state index is 5.97. The molecule has 7 heteroatoms. The third kappa shape index (κ3) is 1.86. The summed E-state index contributed by atoms with van der Waals surface area (Å²) in [7, 11) is 0. The second-order valence-electron chi connectivity index (χ2n) is 6.86. The summed E-state index contributed by atoms with van der Waals surface area (Å²) in [5.74, 6) is 0.334. The molecule has 1 saturated heterocycles. The average molecular weight is 322 g/mol. The van der Waals surface area contributed by atoms with E-state index in [9.17, 15) is 0 Å². The van der Waals surface area contributed by atoms with Crippen molar-refractivity contribution in [2.75, 3.05) is 12.3 Å². The normalized spacial score (nSPS) is 33.9. The van der Waals surface area contributed by atoms with Crippen LogP contribution in [-0.2, 0) is 4.74 Å². The summed E-state index contributed by atoms with van der Waals surface area (Å²) < 4.78 is 8.00. The van der Waals surface area contributed by atoms with E-state index in [4.69, 9.17) is 22.1 Å². The minimum Gasteiger partial charge on any atom is -0.382 e. The lowest BCUT2D eigenvalue weighted by Gasteiger charge is -2.28. The van der Waals surface area contributed by atoms with Crippen molar-refractivity contribution in [1.82, 2.24) is 19.5 Å². The highest BCUT2D eigenvalue weighted by Gasteiger charge is 2.64. The number of nitrogen functional groups attached to an aromatic ring is 1. The largest absolute Gasteiger partial charge is 0.382 e. The molecule has 22 heavy (non-hydrogen) atoms. The number of fused-ring (bicyclic) bond motifs is 1. The second-order valence-corrected chi connectivity index (χ2v) is 7.20. The van der Waals surface area contributed by atoms with Gasteiger partial charge in [0, 0.05) is 17.9 Å². The summed E-state index contributed by atoms with van der Waals surface area (Å²) >= 11 is 5.97.